The van der Waals surface area contributed by atoms with Gasteiger partial charge in [-0.3, -0.25) is 4.90 Å². The summed E-state index contributed by atoms with van der Waals surface area (Å²) in [5, 5.41) is 3.46. The monoisotopic (exact) mass is 327 g/mol. The quantitative estimate of drug-likeness (QED) is 0.873. The number of imidazole rings is 1. The van der Waals surface area contributed by atoms with Crippen molar-refractivity contribution in [3.63, 3.8) is 0 Å². The Bertz CT molecular complexity index is 628. The van der Waals surface area contributed by atoms with Gasteiger partial charge in [0.25, 0.3) is 0 Å². The van der Waals surface area contributed by atoms with Gasteiger partial charge in [0.05, 0.1) is 12.6 Å². The van der Waals surface area contributed by atoms with Crippen molar-refractivity contribution in [2.24, 2.45) is 0 Å². The minimum atomic E-state index is 0.416. The van der Waals surface area contributed by atoms with Crippen LogP contribution in [0.2, 0.25) is 0 Å². The molecule has 0 aliphatic carbocycles. The number of hydrogen-bond donors (Lipinski definition) is 2. The number of rotatable bonds is 5. The lowest BCUT2D eigenvalue weighted by molar-refractivity contribution is 0.149. The van der Waals surface area contributed by atoms with Gasteiger partial charge in [-0.2, -0.15) is 4.98 Å². The Morgan fingerprint density at radius 2 is 1.92 bits per heavy atom. The topological polar surface area (TPSA) is 73.0 Å². The summed E-state index contributed by atoms with van der Waals surface area (Å²) in [4.78, 5) is 21.3. The Balaban J connectivity index is 1.30. The van der Waals surface area contributed by atoms with Crippen LogP contribution in [0, 0.1) is 0 Å². The molecule has 0 amide bonds. The predicted molar refractivity (Wildman–Crippen MR) is 94.0 cm³/mol. The fourth-order valence-electron chi connectivity index (χ4n) is 3.46. The van der Waals surface area contributed by atoms with Crippen molar-refractivity contribution in [2.45, 2.75) is 38.3 Å². The van der Waals surface area contributed by atoms with E-state index in [-0.39, 0.29) is 0 Å². The number of aromatic amines is 1. The summed E-state index contributed by atoms with van der Waals surface area (Å²) in [5.41, 5.74) is 0. The summed E-state index contributed by atoms with van der Waals surface area (Å²) in [6.45, 7) is 5.09. The Hall–Kier alpha value is -2.15. The second kappa shape index (κ2) is 7.17. The van der Waals surface area contributed by atoms with Crippen molar-refractivity contribution in [1.29, 1.82) is 0 Å². The minimum Gasteiger partial charge on any atom is -0.356 e. The van der Waals surface area contributed by atoms with Crippen LogP contribution in [-0.2, 0) is 6.54 Å². The van der Waals surface area contributed by atoms with Crippen LogP contribution in [0.1, 0.15) is 31.5 Å². The van der Waals surface area contributed by atoms with E-state index in [1.165, 1.54) is 25.7 Å². The number of aromatic nitrogens is 4. The molecule has 0 atom stereocenters. The fraction of sp³-hybridized carbons (Fsp3) is 0.588. The maximum Gasteiger partial charge on any atom is 0.224 e. The zero-order chi connectivity index (χ0) is 16.2. The lowest BCUT2D eigenvalue weighted by atomic mass is 10.1. The lowest BCUT2D eigenvalue weighted by Crippen LogP contribution is -2.54. The molecular formula is C17H25N7. The van der Waals surface area contributed by atoms with Gasteiger partial charge < -0.3 is 15.2 Å². The first-order valence-corrected chi connectivity index (χ1v) is 8.92. The maximum absolute atomic E-state index is 4.73. The average Bonchev–Trinajstić information content (AvgIpc) is 2.93. The molecule has 2 aliphatic rings. The fourth-order valence-corrected chi connectivity index (χ4v) is 3.46. The van der Waals surface area contributed by atoms with Gasteiger partial charge in [-0.05, 0) is 18.9 Å². The molecule has 7 heteroatoms. The minimum absolute atomic E-state index is 0.416. The highest BCUT2D eigenvalue weighted by atomic mass is 15.3. The zero-order valence-corrected chi connectivity index (χ0v) is 14.0. The molecular weight excluding hydrogens is 302 g/mol. The van der Waals surface area contributed by atoms with E-state index in [0.717, 1.165) is 50.3 Å². The molecule has 2 aromatic heterocycles. The molecule has 2 aromatic rings. The average molecular weight is 327 g/mol. The van der Waals surface area contributed by atoms with Gasteiger partial charge in [-0.25, -0.2) is 9.97 Å². The Morgan fingerprint density at radius 1 is 1.08 bits per heavy atom. The van der Waals surface area contributed by atoms with Crippen LogP contribution >= 0.6 is 0 Å². The Morgan fingerprint density at radius 3 is 2.67 bits per heavy atom. The highest BCUT2D eigenvalue weighted by Crippen LogP contribution is 2.19. The van der Waals surface area contributed by atoms with Crippen molar-refractivity contribution in [1.82, 2.24) is 24.8 Å². The van der Waals surface area contributed by atoms with Gasteiger partial charge in [0.15, 0.2) is 0 Å². The first-order valence-electron chi connectivity index (χ1n) is 8.92. The van der Waals surface area contributed by atoms with Crippen LogP contribution in [-0.4, -0.2) is 57.1 Å². The molecule has 4 rings (SSSR count). The van der Waals surface area contributed by atoms with Crippen LogP contribution < -0.4 is 10.2 Å². The van der Waals surface area contributed by atoms with E-state index in [1.54, 1.807) is 6.20 Å². The predicted octanol–water partition coefficient (Wildman–Crippen LogP) is 1.88. The van der Waals surface area contributed by atoms with Crippen molar-refractivity contribution in [3.8, 4) is 0 Å². The third-order valence-corrected chi connectivity index (χ3v) is 4.79. The highest BCUT2D eigenvalue weighted by Gasteiger charge is 2.27. The van der Waals surface area contributed by atoms with Gasteiger partial charge in [-0.1, -0.05) is 12.8 Å². The Labute approximate surface area is 142 Å². The molecule has 128 valence electrons. The van der Waals surface area contributed by atoms with Crippen LogP contribution in [0.4, 0.5) is 11.8 Å². The molecule has 2 aliphatic heterocycles. The van der Waals surface area contributed by atoms with Gasteiger partial charge in [0, 0.05) is 44.8 Å². The molecule has 0 aromatic carbocycles. The van der Waals surface area contributed by atoms with E-state index in [4.69, 9.17) is 4.98 Å². The third kappa shape index (κ3) is 3.67. The SMILES string of the molecule is c1cc(N2CCCCCC2)nc(NC2CN(Cc3ncc[nH]3)C2)n1. The van der Waals surface area contributed by atoms with Crippen molar-refractivity contribution < 1.29 is 0 Å². The molecule has 0 spiro atoms. The molecule has 2 saturated heterocycles. The number of nitrogens with one attached hydrogen (secondary N) is 2. The molecule has 0 unspecified atom stereocenters. The summed E-state index contributed by atoms with van der Waals surface area (Å²) in [7, 11) is 0. The summed E-state index contributed by atoms with van der Waals surface area (Å²) in [5.74, 6) is 2.83. The summed E-state index contributed by atoms with van der Waals surface area (Å²) >= 11 is 0. The van der Waals surface area contributed by atoms with Crippen LogP contribution in [0.25, 0.3) is 0 Å². The maximum atomic E-state index is 4.73. The smallest absolute Gasteiger partial charge is 0.224 e. The molecule has 24 heavy (non-hydrogen) atoms. The summed E-state index contributed by atoms with van der Waals surface area (Å²) in [6, 6.07) is 2.44. The standard InChI is InChI=1S/C17H25N7/c1-2-4-10-24(9-3-1)16-5-6-20-17(22-16)21-14-11-23(12-14)13-15-18-7-8-19-15/h5-8,14H,1-4,9-13H2,(H,18,19)(H,20,21,22). The first kappa shape index (κ1) is 15.4. The highest BCUT2D eigenvalue weighted by molar-refractivity contribution is 5.43. The number of nitrogens with zero attached hydrogens (tertiary/aromatic N) is 5. The van der Waals surface area contributed by atoms with E-state index < -0.39 is 0 Å². The summed E-state index contributed by atoms with van der Waals surface area (Å²) < 4.78 is 0. The molecule has 0 bridgehead atoms. The van der Waals surface area contributed by atoms with Gasteiger partial charge in [0.1, 0.15) is 11.6 Å². The third-order valence-electron chi connectivity index (χ3n) is 4.79. The molecule has 0 radical (unpaired) electrons. The van der Waals surface area contributed by atoms with Crippen molar-refractivity contribution in [3.05, 3.63) is 30.5 Å². The van der Waals surface area contributed by atoms with E-state index in [0.29, 0.717) is 6.04 Å². The van der Waals surface area contributed by atoms with E-state index in [9.17, 15) is 0 Å². The van der Waals surface area contributed by atoms with E-state index in [2.05, 4.69) is 30.1 Å². The Kier molecular flexibility index (Phi) is 4.60. The van der Waals surface area contributed by atoms with Crippen molar-refractivity contribution in [2.75, 3.05) is 36.4 Å². The van der Waals surface area contributed by atoms with Crippen LogP contribution in [0.3, 0.4) is 0 Å². The molecule has 7 nitrogen and oxygen atoms in total. The number of likely N-dealkylation sites (tertiary alicyclic amines) is 1. The zero-order valence-electron chi connectivity index (χ0n) is 14.0. The number of H-pyrrole nitrogens is 1. The van der Waals surface area contributed by atoms with Gasteiger partial charge >= 0.3 is 0 Å². The van der Waals surface area contributed by atoms with Crippen LogP contribution in [0.15, 0.2) is 24.7 Å². The number of hydrogen-bond acceptors (Lipinski definition) is 6. The molecule has 0 saturated carbocycles. The van der Waals surface area contributed by atoms with Crippen LogP contribution in [0.5, 0.6) is 0 Å². The second-order valence-electron chi connectivity index (χ2n) is 6.71. The largest absolute Gasteiger partial charge is 0.356 e. The molecule has 2 N–H and O–H groups in total. The molecule has 4 heterocycles. The van der Waals surface area contributed by atoms with E-state index in [1.807, 2.05) is 18.5 Å². The summed E-state index contributed by atoms with van der Waals surface area (Å²) in [6.07, 6.45) is 10.7. The van der Waals surface area contributed by atoms with Crippen molar-refractivity contribution >= 4 is 11.8 Å². The van der Waals surface area contributed by atoms with Gasteiger partial charge in [-0.15, -0.1) is 0 Å². The number of anilines is 2. The normalized spacial score (nSPS) is 19.8. The van der Waals surface area contributed by atoms with Gasteiger partial charge in [0.2, 0.25) is 5.95 Å². The first-order chi connectivity index (χ1) is 11.9. The lowest BCUT2D eigenvalue weighted by Gasteiger charge is -2.39. The second-order valence-corrected chi connectivity index (χ2v) is 6.71. The van der Waals surface area contributed by atoms with E-state index >= 15 is 0 Å². The molecule has 2 fully saturated rings.